The monoisotopic (exact) mass is 304 g/mol. The van der Waals surface area contributed by atoms with E-state index in [4.69, 9.17) is 9.15 Å². The molecular weight excluding hydrogens is 288 g/mol. The molecular formula is C14H16N4O4. The number of rotatable bonds is 6. The molecule has 2 rings (SSSR count). The predicted octanol–water partition coefficient (Wildman–Crippen LogP) is 1.81. The van der Waals surface area contributed by atoms with Crippen LogP contribution in [0.25, 0.3) is 11.5 Å². The van der Waals surface area contributed by atoms with Crippen molar-refractivity contribution in [1.82, 2.24) is 15.5 Å². The highest BCUT2D eigenvalue weighted by Gasteiger charge is 2.07. The Labute approximate surface area is 126 Å². The number of ether oxygens (including phenoxy) is 1. The van der Waals surface area contributed by atoms with E-state index in [0.29, 0.717) is 23.7 Å². The predicted molar refractivity (Wildman–Crippen MR) is 78.0 cm³/mol. The summed E-state index contributed by atoms with van der Waals surface area (Å²) in [6.07, 6.45) is 1.36. The molecule has 1 heterocycles. The van der Waals surface area contributed by atoms with Gasteiger partial charge in [-0.25, -0.2) is 4.79 Å². The van der Waals surface area contributed by atoms with Crippen LogP contribution in [0.4, 0.5) is 10.5 Å². The summed E-state index contributed by atoms with van der Waals surface area (Å²) in [5.74, 6) is 0.0209. The van der Waals surface area contributed by atoms with Gasteiger partial charge in [-0.05, 0) is 25.1 Å². The molecule has 2 aromatic rings. The SMILES string of the molecule is CCOC(=O)CCNC(=O)Nc1cccc(-c2nnco2)c1. The highest BCUT2D eigenvalue weighted by Crippen LogP contribution is 2.20. The third-order valence-corrected chi connectivity index (χ3v) is 2.65. The summed E-state index contributed by atoms with van der Waals surface area (Å²) >= 11 is 0. The average Bonchev–Trinajstić information content (AvgIpc) is 3.02. The third-order valence-electron chi connectivity index (χ3n) is 2.65. The Morgan fingerprint density at radius 3 is 2.95 bits per heavy atom. The van der Waals surface area contributed by atoms with E-state index in [1.54, 1.807) is 31.2 Å². The lowest BCUT2D eigenvalue weighted by atomic mass is 10.2. The van der Waals surface area contributed by atoms with Crippen LogP contribution >= 0.6 is 0 Å². The first kappa shape index (κ1) is 15.5. The number of carbonyl (C=O) groups excluding carboxylic acids is 2. The number of aromatic nitrogens is 2. The van der Waals surface area contributed by atoms with E-state index in [1.807, 2.05) is 0 Å². The van der Waals surface area contributed by atoms with E-state index >= 15 is 0 Å². The fraction of sp³-hybridized carbons (Fsp3) is 0.286. The fourth-order valence-electron chi connectivity index (χ4n) is 1.72. The lowest BCUT2D eigenvalue weighted by molar-refractivity contribution is -0.142. The minimum absolute atomic E-state index is 0.128. The van der Waals surface area contributed by atoms with Crippen LogP contribution in [-0.4, -0.2) is 35.3 Å². The largest absolute Gasteiger partial charge is 0.466 e. The minimum atomic E-state index is -0.410. The molecule has 0 aliphatic carbocycles. The molecule has 8 nitrogen and oxygen atoms in total. The maximum Gasteiger partial charge on any atom is 0.319 e. The molecule has 0 fully saturated rings. The van der Waals surface area contributed by atoms with Crippen LogP contribution < -0.4 is 10.6 Å². The van der Waals surface area contributed by atoms with Crippen LogP contribution in [-0.2, 0) is 9.53 Å². The molecule has 0 saturated carbocycles. The van der Waals surface area contributed by atoms with Crippen molar-refractivity contribution in [1.29, 1.82) is 0 Å². The second-order valence-corrected chi connectivity index (χ2v) is 4.26. The van der Waals surface area contributed by atoms with Gasteiger partial charge in [0.05, 0.1) is 13.0 Å². The normalized spacial score (nSPS) is 10.0. The van der Waals surface area contributed by atoms with Crippen molar-refractivity contribution >= 4 is 17.7 Å². The summed E-state index contributed by atoms with van der Waals surface area (Å²) < 4.78 is 9.86. The Kier molecular flexibility index (Phi) is 5.47. The number of carbonyl (C=O) groups is 2. The molecule has 8 heteroatoms. The van der Waals surface area contributed by atoms with Gasteiger partial charge in [-0.1, -0.05) is 6.07 Å². The molecule has 0 aliphatic heterocycles. The number of amides is 2. The van der Waals surface area contributed by atoms with E-state index < -0.39 is 6.03 Å². The zero-order valence-corrected chi connectivity index (χ0v) is 12.0. The van der Waals surface area contributed by atoms with Crippen molar-refractivity contribution in [2.75, 3.05) is 18.5 Å². The van der Waals surface area contributed by atoms with E-state index in [-0.39, 0.29) is 18.9 Å². The number of nitrogens with one attached hydrogen (secondary N) is 2. The first-order chi connectivity index (χ1) is 10.7. The van der Waals surface area contributed by atoms with Crippen molar-refractivity contribution in [2.45, 2.75) is 13.3 Å². The minimum Gasteiger partial charge on any atom is -0.466 e. The number of hydrogen-bond donors (Lipinski definition) is 2. The van der Waals surface area contributed by atoms with Crippen LogP contribution in [0.5, 0.6) is 0 Å². The molecule has 2 N–H and O–H groups in total. The molecule has 0 aliphatic rings. The molecule has 0 bridgehead atoms. The van der Waals surface area contributed by atoms with Crippen LogP contribution in [0, 0.1) is 0 Å². The van der Waals surface area contributed by atoms with E-state index in [0.717, 1.165) is 0 Å². The molecule has 0 atom stereocenters. The second-order valence-electron chi connectivity index (χ2n) is 4.26. The van der Waals surface area contributed by atoms with Gasteiger partial charge in [0.2, 0.25) is 12.3 Å². The average molecular weight is 304 g/mol. The van der Waals surface area contributed by atoms with Crippen LogP contribution in [0.15, 0.2) is 35.1 Å². The maximum atomic E-state index is 11.7. The third kappa shape index (κ3) is 4.58. The molecule has 0 radical (unpaired) electrons. The zero-order valence-electron chi connectivity index (χ0n) is 12.0. The van der Waals surface area contributed by atoms with Crippen LogP contribution in [0.1, 0.15) is 13.3 Å². The Morgan fingerprint density at radius 2 is 2.23 bits per heavy atom. The fourth-order valence-corrected chi connectivity index (χ4v) is 1.72. The first-order valence-corrected chi connectivity index (χ1v) is 6.76. The number of benzene rings is 1. The lowest BCUT2D eigenvalue weighted by Gasteiger charge is -2.08. The molecule has 0 spiro atoms. The molecule has 1 aromatic heterocycles. The smallest absolute Gasteiger partial charge is 0.319 e. The van der Waals surface area contributed by atoms with Crippen molar-refractivity contribution < 1.29 is 18.7 Å². The summed E-state index contributed by atoms with van der Waals surface area (Å²) in [6, 6.07) is 6.57. The lowest BCUT2D eigenvalue weighted by Crippen LogP contribution is -2.30. The number of anilines is 1. The topological polar surface area (TPSA) is 106 Å². The van der Waals surface area contributed by atoms with Gasteiger partial charge in [-0.2, -0.15) is 0 Å². The maximum absolute atomic E-state index is 11.7. The van der Waals surface area contributed by atoms with E-state index in [9.17, 15) is 9.59 Å². The van der Waals surface area contributed by atoms with E-state index in [1.165, 1.54) is 6.39 Å². The molecule has 2 amide bonds. The molecule has 0 saturated heterocycles. The van der Waals surface area contributed by atoms with Gasteiger partial charge in [0, 0.05) is 17.8 Å². The number of urea groups is 1. The Morgan fingerprint density at radius 1 is 1.36 bits per heavy atom. The standard InChI is InChI=1S/C14H16N4O4/c1-2-21-12(19)6-7-15-14(20)17-11-5-3-4-10(8-11)13-18-16-9-22-13/h3-5,8-9H,2,6-7H2,1H3,(H2,15,17,20). The van der Waals surface area contributed by atoms with Crippen LogP contribution in [0.2, 0.25) is 0 Å². The van der Waals surface area contributed by atoms with E-state index in [2.05, 4.69) is 20.8 Å². The summed E-state index contributed by atoms with van der Waals surface area (Å²) in [5.41, 5.74) is 1.27. The summed E-state index contributed by atoms with van der Waals surface area (Å²) in [4.78, 5) is 22.9. The Bertz CT molecular complexity index is 628. The Hall–Kier alpha value is -2.90. The summed E-state index contributed by atoms with van der Waals surface area (Å²) in [5, 5.41) is 12.6. The second kappa shape index (κ2) is 7.77. The molecule has 1 aromatic carbocycles. The summed E-state index contributed by atoms with van der Waals surface area (Å²) in [6.45, 7) is 2.26. The number of nitrogens with zero attached hydrogens (tertiary/aromatic N) is 2. The highest BCUT2D eigenvalue weighted by molar-refractivity contribution is 5.90. The molecule has 0 unspecified atom stereocenters. The summed E-state index contributed by atoms with van der Waals surface area (Å²) in [7, 11) is 0. The Balaban J connectivity index is 1.84. The quantitative estimate of drug-likeness (QED) is 0.788. The van der Waals surface area contributed by atoms with Crippen molar-refractivity contribution in [2.24, 2.45) is 0 Å². The zero-order chi connectivity index (χ0) is 15.8. The number of hydrogen-bond acceptors (Lipinski definition) is 6. The molecule has 22 heavy (non-hydrogen) atoms. The van der Waals surface area contributed by atoms with Crippen molar-refractivity contribution in [3.8, 4) is 11.5 Å². The van der Waals surface area contributed by atoms with Gasteiger partial charge >= 0.3 is 12.0 Å². The van der Waals surface area contributed by atoms with Gasteiger partial charge in [0.1, 0.15) is 0 Å². The van der Waals surface area contributed by atoms with Gasteiger partial charge in [-0.15, -0.1) is 10.2 Å². The van der Waals surface area contributed by atoms with Gasteiger partial charge < -0.3 is 19.8 Å². The highest BCUT2D eigenvalue weighted by atomic mass is 16.5. The van der Waals surface area contributed by atoms with Gasteiger partial charge in [-0.3, -0.25) is 4.79 Å². The number of esters is 1. The van der Waals surface area contributed by atoms with Gasteiger partial charge in [0.15, 0.2) is 0 Å². The van der Waals surface area contributed by atoms with Crippen molar-refractivity contribution in [3.05, 3.63) is 30.7 Å². The molecule has 116 valence electrons. The van der Waals surface area contributed by atoms with Crippen LogP contribution in [0.3, 0.4) is 0 Å². The van der Waals surface area contributed by atoms with Crippen molar-refractivity contribution in [3.63, 3.8) is 0 Å². The van der Waals surface area contributed by atoms with Gasteiger partial charge in [0.25, 0.3) is 0 Å². The first-order valence-electron chi connectivity index (χ1n) is 6.76.